The zero-order valence-corrected chi connectivity index (χ0v) is 10.7. The van der Waals surface area contributed by atoms with Gasteiger partial charge in [0, 0.05) is 35.3 Å². The summed E-state index contributed by atoms with van der Waals surface area (Å²) in [6.07, 6.45) is 6.48. The van der Waals surface area contributed by atoms with E-state index < -0.39 is 0 Å². The number of nitrogens with zero attached hydrogens (tertiary/aromatic N) is 1. The third-order valence-corrected chi connectivity index (χ3v) is 3.28. The molecule has 1 heterocycles. The first-order valence-electron chi connectivity index (χ1n) is 6.16. The Kier molecular flexibility index (Phi) is 4.46. The zero-order chi connectivity index (χ0) is 12.1. The molecule has 0 aliphatic heterocycles. The number of aliphatic hydroxyl groups excluding tert-OH is 1. The van der Waals surface area contributed by atoms with E-state index in [4.69, 9.17) is 16.7 Å². The van der Waals surface area contributed by atoms with E-state index in [1.807, 2.05) is 12.1 Å². The topological polar surface area (TPSA) is 25.2 Å². The van der Waals surface area contributed by atoms with Gasteiger partial charge in [0.1, 0.15) is 0 Å². The molecule has 0 atom stereocenters. The van der Waals surface area contributed by atoms with E-state index >= 15 is 0 Å². The Morgan fingerprint density at radius 3 is 2.71 bits per heavy atom. The SMILES string of the molecule is OCCCCCCn1ccc2cc(Cl)ccc21. The van der Waals surface area contributed by atoms with Gasteiger partial charge in [-0.15, -0.1) is 0 Å². The maximum atomic E-state index is 8.70. The molecule has 0 fully saturated rings. The highest BCUT2D eigenvalue weighted by atomic mass is 35.5. The number of fused-ring (bicyclic) bond motifs is 1. The lowest BCUT2D eigenvalue weighted by molar-refractivity contribution is 0.282. The summed E-state index contributed by atoms with van der Waals surface area (Å²) in [6, 6.07) is 8.12. The number of unbranched alkanes of at least 4 members (excludes halogenated alkanes) is 3. The van der Waals surface area contributed by atoms with E-state index in [0.29, 0.717) is 6.61 Å². The molecule has 0 unspecified atom stereocenters. The number of benzene rings is 1. The van der Waals surface area contributed by atoms with Crippen LogP contribution >= 0.6 is 11.6 Å². The fourth-order valence-electron chi connectivity index (χ4n) is 2.11. The summed E-state index contributed by atoms with van der Waals surface area (Å²) in [5.41, 5.74) is 1.25. The van der Waals surface area contributed by atoms with E-state index in [1.165, 1.54) is 17.3 Å². The standard InChI is InChI=1S/C14H18ClNO/c15-13-5-6-14-12(11-13)7-9-16(14)8-3-1-2-4-10-17/h5-7,9,11,17H,1-4,8,10H2. The maximum absolute atomic E-state index is 8.70. The van der Waals surface area contributed by atoms with Crippen molar-refractivity contribution in [3.05, 3.63) is 35.5 Å². The van der Waals surface area contributed by atoms with Gasteiger partial charge in [0.2, 0.25) is 0 Å². The van der Waals surface area contributed by atoms with Crippen LogP contribution in [0, 0.1) is 0 Å². The molecule has 0 aliphatic carbocycles. The molecule has 17 heavy (non-hydrogen) atoms. The smallest absolute Gasteiger partial charge is 0.0481 e. The Hall–Kier alpha value is -0.990. The first kappa shape index (κ1) is 12.5. The van der Waals surface area contributed by atoms with Gasteiger partial charge in [0.15, 0.2) is 0 Å². The predicted octanol–water partition coefficient (Wildman–Crippen LogP) is 3.85. The van der Waals surface area contributed by atoms with E-state index in [2.05, 4.69) is 22.9 Å². The average molecular weight is 252 g/mol. The van der Waals surface area contributed by atoms with Crippen LogP contribution < -0.4 is 0 Å². The van der Waals surface area contributed by atoms with Crippen molar-refractivity contribution in [1.29, 1.82) is 0 Å². The molecule has 92 valence electrons. The van der Waals surface area contributed by atoms with Crippen LogP contribution in [0.15, 0.2) is 30.5 Å². The first-order valence-corrected chi connectivity index (χ1v) is 6.54. The normalized spacial score (nSPS) is 11.2. The highest BCUT2D eigenvalue weighted by Gasteiger charge is 2.01. The lowest BCUT2D eigenvalue weighted by Gasteiger charge is -2.05. The highest BCUT2D eigenvalue weighted by molar-refractivity contribution is 6.31. The molecule has 0 bridgehead atoms. The van der Waals surface area contributed by atoms with Crippen molar-refractivity contribution in [2.75, 3.05) is 6.61 Å². The van der Waals surface area contributed by atoms with Gasteiger partial charge in [-0.2, -0.15) is 0 Å². The van der Waals surface area contributed by atoms with E-state index in [9.17, 15) is 0 Å². The molecule has 1 N–H and O–H groups in total. The molecule has 2 rings (SSSR count). The van der Waals surface area contributed by atoms with Crippen molar-refractivity contribution in [1.82, 2.24) is 4.57 Å². The van der Waals surface area contributed by atoms with Gasteiger partial charge in [-0.1, -0.05) is 24.4 Å². The number of aromatic nitrogens is 1. The van der Waals surface area contributed by atoms with Crippen molar-refractivity contribution in [2.24, 2.45) is 0 Å². The summed E-state index contributed by atoms with van der Waals surface area (Å²) >= 11 is 5.96. The van der Waals surface area contributed by atoms with Gasteiger partial charge in [-0.25, -0.2) is 0 Å². The molecule has 0 amide bonds. The van der Waals surface area contributed by atoms with Crippen molar-refractivity contribution in [2.45, 2.75) is 32.2 Å². The summed E-state index contributed by atoms with van der Waals surface area (Å²) < 4.78 is 2.27. The monoisotopic (exact) mass is 251 g/mol. The van der Waals surface area contributed by atoms with E-state index in [-0.39, 0.29) is 0 Å². The van der Waals surface area contributed by atoms with Crippen LogP contribution in [0.25, 0.3) is 10.9 Å². The number of aliphatic hydroxyl groups is 1. The lowest BCUT2D eigenvalue weighted by atomic mass is 10.2. The van der Waals surface area contributed by atoms with E-state index in [1.54, 1.807) is 0 Å². The molecule has 0 saturated heterocycles. The summed E-state index contributed by atoms with van der Waals surface area (Å²) in [5.74, 6) is 0. The summed E-state index contributed by atoms with van der Waals surface area (Å²) in [6.45, 7) is 1.35. The molecular formula is C14H18ClNO. The van der Waals surface area contributed by atoms with Crippen molar-refractivity contribution in [3.8, 4) is 0 Å². The fraction of sp³-hybridized carbons (Fsp3) is 0.429. The van der Waals surface area contributed by atoms with Crippen molar-refractivity contribution >= 4 is 22.5 Å². The Balaban J connectivity index is 1.95. The van der Waals surface area contributed by atoms with Crippen LogP contribution in [0.5, 0.6) is 0 Å². The van der Waals surface area contributed by atoms with Gasteiger partial charge in [-0.05, 0) is 37.1 Å². The second-order valence-corrected chi connectivity index (χ2v) is 4.79. The number of hydrogen-bond acceptors (Lipinski definition) is 1. The van der Waals surface area contributed by atoms with Crippen molar-refractivity contribution < 1.29 is 5.11 Å². The lowest BCUT2D eigenvalue weighted by Crippen LogP contribution is -1.96. The molecule has 2 nitrogen and oxygen atoms in total. The molecule has 0 radical (unpaired) electrons. The minimum absolute atomic E-state index is 0.310. The molecule has 0 aliphatic rings. The molecule has 1 aromatic carbocycles. The Morgan fingerprint density at radius 2 is 1.88 bits per heavy atom. The second-order valence-electron chi connectivity index (χ2n) is 4.35. The van der Waals surface area contributed by atoms with Crippen LogP contribution in [0.1, 0.15) is 25.7 Å². The number of rotatable bonds is 6. The van der Waals surface area contributed by atoms with Gasteiger partial charge >= 0.3 is 0 Å². The van der Waals surface area contributed by atoms with Crippen LogP contribution in [0.4, 0.5) is 0 Å². The number of halogens is 1. The molecule has 2 aromatic rings. The van der Waals surface area contributed by atoms with Gasteiger partial charge in [0.25, 0.3) is 0 Å². The molecular weight excluding hydrogens is 234 g/mol. The molecule has 3 heteroatoms. The molecule has 0 spiro atoms. The largest absolute Gasteiger partial charge is 0.396 e. The maximum Gasteiger partial charge on any atom is 0.0481 e. The third-order valence-electron chi connectivity index (χ3n) is 3.04. The van der Waals surface area contributed by atoms with Gasteiger partial charge < -0.3 is 9.67 Å². The third kappa shape index (κ3) is 3.24. The van der Waals surface area contributed by atoms with Gasteiger partial charge in [-0.3, -0.25) is 0 Å². The van der Waals surface area contributed by atoms with E-state index in [0.717, 1.165) is 30.8 Å². The number of hydrogen-bond donors (Lipinski definition) is 1. The Morgan fingerprint density at radius 1 is 1.06 bits per heavy atom. The predicted molar refractivity (Wildman–Crippen MR) is 72.5 cm³/mol. The second kappa shape index (κ2) is 6.08. The highest BCUT2D eigenvalue weighted by Crippen LogP contribution is 2.21. The van der Waals surface area contributed by atoms with Gasteiger partial charge in [0.05, 0.1) is 0 Å². The minimum atomic E-state index is 0.310. The molecule has 1 aromatic heterocycles. The van der Waals surface area contributed by atoms with Crippen LogP contribution in [-0.4, -0.2) is 16.3 Å². The fourth-order valence-corrected chi connectivity index (χ4v) is 2.29. The summed E-state index contributed by atoms with van der Waals surface area (Å²) in [5, 5.41) is 10.7. The minimum Gasteiger partial charge on any atom is -0.396 e. The van der Waals surface area contributed by atoms with Crippen molar-refractivity contribution in [3.63, 3.8) is 0 Å². The zero-order valence-electron chi connectivity index (χ0n) is 9.90. The Bertz CT molecular complexity index is 478. The first-order chi connectivity index (χ1) is 8.31. The number of aryl methyl sites for hydroxylation is 1. The molecule has 0 saturated carbocycles. The summed E-state index contributed by atoms with van der Waals surface area (Å²) in [7, 11) is 0. The quantitative estimate of drug-likeness (QED) is 0.776. The van der Waals surface area contributed by atoms with Crippen LogP contribution in [0.2, 0.25) is 5.02 Å². The summed E-state index contributed by atoms with van der Waals surface area (Å²) in [4.78, 5) is 0. The van der Waals surface area contributed by atoms with Crippen LogP contribution in [-0.2, 0) is 6.54 Å². The Labute approximate surface area is 107 Å². The average Bonchev–Trinajstić information content (AvgIpc) is 2.71. The van der Waals surface area contributed by atoms with Crippen LogP contribution in [0.3, 0.4) is 0 Å².